The molecule has 10 aromatic carbocycles. The Labute approximate surface area is 384 Å². The molecule has 5 aliphatic heterocycles. The number of furan rings is 1. The summed E-state index contributed by atoms with van der Waals surface area (Å²) in [5.74, 6) is 0. The summed E-state index contributed by atoms with van der Waals surface area (Å²) in [5.41, 5.74) is 26.1. The molecule has 0 saturated heterocycles. The highest BCUT2D eigenvalue weighted by molar-refractivity contribution is 7.04. The maximum atomic E-state index is 7.06. The Morgan fingerprint density at radius 1 is 0.388 bits per heavy atom. The van der Waals surface area contributed by atoms with Crippen LogP contribution in [0.1, 0.15) is 22.3 Å². The van der Waals surface area contributed by atoms with Crippen LogP contribution in [0.2, 0.25) is 0 Å². The van der Waals surface area contributed by atoms with Gasteiger partial charge in [-0.2, -0.15) is 0 Å². The summed E-state index contributed by atoms with van der Waals surface area (Å²) in [5, 5.41) is 7.41. The number of benzene rings is 10. The van der Waals surface area contributed by atoms with Gasteiger partial charge in [0.05, 0.1) is 27.5 Å². The summed E-state index contributed by atoms with van der Waals surface area (Å²) in [6, 6.07) is 75.9. The highest BCUT2D eigenvalue weighted by Gasteiger charge is 2.54. The van der Waals surface area contributed by atoms with E-state index in [1.807, 2.05) is 0 Å². The average Bonchev–Trinajstić information content (AvgIpc) is 4.06. The van der Waals surface area contributed by atoms with Crippen molar-refractivity contribution >= 4 is 129 Å². The first-order valence-corrected chi connectivity index (χ1v) is 23.6. The van der Waals surface area contributed by atoms with Crippen molar-refractivity contribution in [3.63, 3.8) is 0 Å². The van der Waals surface area contributed by atoms with Gasteiger partial charge in [-0.15, -0.1) is 0 Å². The lowest BCUT2D eigenvalue weighted by atomic mass is 9.29. The number of fused-ring (bicyclic) bond motifs is 16. The molecule has 0 fully saturated rings. The SMILES string of the molecule is c1ccc(C2(c3ccccc3)c3ccccc3N3c4cc5c6c7c4B(c4cccc2c43)c2cc3c4ccccc4oc3c3c4cccc(c4n-7c23)B6c2cccc3c4ccccc4n-5c23)cc1. The van der Waals surface area contributed by atoms with Gasteiger partial charge in [0.15, 0.2) is 0 Å². The number of hydrogen-bond acceptors (Lipinski definition) is 2. The summed E-state index contributed by atoms with van der Waals surface area (Å²) >= 11 is 0. The van der Waals surface area contributed by atoms with Crippen LogP contribution in [0.3, 0.4) is 0 Å². The Balaban J connectivity index is 1.10. The van der Waals surface area contributed by atoms with Crippen molar-refractivity contribution < 1.29 is 4.42 Å². The number of rotatable bonds is 2. The van der Waals surface area contributed by atoms with Crippen LogP contribution in [0, 0.1) is 0 Å². The van der Waals surface area contributed by atoms with Crippen molar-refractivity contribution in [3.8, 4) is 11.4 Å². The Morgan fingerprint density at radius 2 is 1.00 bits per heavy atom. The van der Waals surface area contributed by atoms with E-state index in [4.69, 9.17) is 4.42 Å². The molecule has 0 aliphatic carbocycles. The Morgan fingerprint density at radius 3 is 1.82 bits per heavy atom. The summed E-state index contributed by atoms with van der Waals surface area (Å²) in [7, 11) is 0. The lowest BCUT2D eigenvalue weighted by Crippen LogP contribution is -2.67. The lowest BCUT2D eigenvalue weighted by molar-refractivity contribution is 0.673. The van der Waals surface area contributed by atoms with Gasteiger partial charge < -0.3 is 18.5 Å². The predicted octanol–water partition coefficient (Wildman–Crippen LogP) is 10.2. The van der Waals surface area contributed by atoms with E-state index < -0.39 is 5.41 Å². The van der Waals surface area contributed by atoms with Crippen LogP contribution >= 0.6 is 0 Å². The number of nitrogens with zero attached hydrogens (tertiary/aromatic N) is 3. The van der Waals surface area contributed by atoms with Crippen molar-refractivity contribution in [3.05, 3.63) is 222 Å². The van der Waals surface area contributed by atoms with Crippen LogP contribution in [-0.4, -0.2) is 22.6 Å². The van der Waals surface area contributed by atoms with E-state index in [-0.39, 0.29) is 13.4 Å². The molecule has 4 nitrogen and oxygen atoms in total. The van der Waals surface area contributed by atoms with E-state index in [9.17, 15) is 0 Å². The fourth-order valence-corrected chi connectivity index (χ4v) is 14.5. The molecule has 0 saturated carbocycles. The first kappa shape index (κ1) is 34.0. The second kappa shape index (κ2) is 11.3. The van der Waals surface area contributed by atoms with Crippen LogP contribution in [0.15, 0.2) is 205 Å². The summed E-state index contributed by atoms with van der Waals surface area (Å²) in [4.78, 5) is 2.68. The molecule has 13 aromatic rings. The second-order valence-corrected chi connectivity index (χ2v) is 19.4. The predicted molar refractivity (Wildman–Crippen MR) is 278 cm³/mol. The fourth-order valence-electron chi connectivity index (χ4n) is 14.5. The molecule has 0 N–H and O–H groups in total. The second-order valence-electron chi connectivity index (χ2n) is 19.4. The van der Waals surface area contributed by atoms with Gasteiger partial charge in [0.1, 0.15) is 11.2 Å². The zero-order chi connectivity index (χ0) is 43.0. The van der Waals surface area contributed by atoms with E-state index in [0.29, 0.717) is 0 Å². The topological polar surface area (TPSA) is 26.2 Å². The molecule has 0 unspecified atom stereocenters. The minimum Gasteiger partial charge on any atom is -0.455 e. The molecular weight excluding hydrogens is 812 g/mol. The first-order valence-electron chi connectivity index (χ1n) is 23.6. The molecule has 3 aromatic heterocycles. The molecular formula is C61H33B2N3O. The van der Waals surface area contributed by atoms with E-state index in [1.165, 1.54) is 132 Å². The van der Waals surface area contributed by atoms with E-state index in [1.54, 1.807) is 0 Å². The maximum absolute atomic E-state index is 7.06. The Bertz CT molecular complexity index is 4440. The molecule has 0 bridgehead atoms. The molecule has 18 rings (SSSR count). The molecule has 0 radical (unpaired) electrons. The third-order valence-corrected chi connectivity index (χ3v) is 16.7. The van der Waals surface area contributed by atoms with Crippen LogP contribution in [-0.2, 0) is 5.41 Å². The Hall–Kier alpha value is -8.47. The van der Waals surface area contributed by atoms with Gasteiger partial charge in [0, 0.05) is 60.7 Å². The van der Waals surface area contributed by atoms with Gasteiger partial charge >= 0.3 is 0 Å². The van der Waals surface area contributed by atoms with Crippen LogP contribution in [0.5, 0.6) is 0 Å². The quantitative estimate of drug-likeness (QED) is 0.162. The highest BCUT2D eigenvalue weighted by atomic mass is 16.3. The van der Waals surface area contributed by atoms with Gasteiger partial charge in [0.25, 0.3) is 13.4 Å². The number of para-hydroxylation sites is 6. The normalized spacial score (nSPS) is 14.9. The van der Waals surface area contributed by atoms with Gasteiger partial charge in [-0.3, -0.25) is 0 Å². The molecule has 8 heterocycles. The molecule has 0 amide bonds. The van der Waals surface area contributed by atoms with E-state index in [0.717, 1.165) is 16.6 Å². The maximum Gasteiger partial charge on any atom is 0.252 e. The van der Waals surface area contributed by atoms with E-state index in [2.05, 4.69) is 214 Å². The fraction of sp³-hybridized carbons (Fsp3) is 0.0164. The summed E-state index contributed by atoms with van der Waals surface area (Å²) in [6.45, 7) is -0.0240. The van der Waals surface area contributed by atoms with Gasteiger partial charge in [-0.05, 0) is 79.3 Å². The Kier molecular flexibility index (Phi) is 5.73. The van der Waals surface area contributed by atoms with Crippen LogP contribution in [0.25, 0.3) is 76.9 Å². The zero-order valence-corrected chi connectivity index (χ0v) is 36.0. The van der Waals surface area contributed by atoms with Gasteiger partial charge in [-0.1, -0.05) is 176 Å². The standard InChI is InChI=1S/C61H33B2N3O/c1-3-16-34(17-4-1)61(35-18-5-2-6-19-35)41-24-9-11-30-48(41)65-50-33-49-53-59-54(50)63(45-28-15-25-42(61)57(45)65)46-32-40-37-21-8-12-31-51(37)67-60(40)52-39-23-14-27-44(56(39)66(59)58(46)52)62(53)43-26-13-22-38-36-20-7-10-29-47(36)64(49)55(38)43/h1-33H. The highest BCUT2D eigenvalue weighted by Crippen LogP contribution is 2.59. The molecule has 5 aliphatic rings. The van der Waals surface area contributed by atoms with Crippen molar-refractivity contribution in [1.82, 2.24) is 9.13 Å². The first-order chi connectivity index (χ1) is 33.3. The number of anilines is 3. The smallest absolute Gasteiger partial charge is 0.252 e. The summed E-state index contributed by atoms with van der Waals surface area (Å²) in [6.07, 6.45) is 0. The van der Waals surface area contributed by atoms with Crippen LogP contribution < -0.4 is 37.7 Å². The average molecular weight is 846 g/mol. The van der Waals surface area contributed by atoms with Crippen molar-refractivity contribution in [2.24, 2.45) is 0 Å². The van der Waals surface area contributed by atoms with Crippen molar-refractivity contribution in [1.29, 1.82) is 0 Å². The third kappa shape index (κ3) is 3.58. The minimum atomic E-state index is -0.591. The molecule has 0 atom stereocenters. The van der Waals surface area contributed by atoms with E-state index >= 15 is 0 Å². The molecule has 67 heavy (non-hydrogen) atoms. The lowest BCUT2D eigenvalue weighted by Gasteiger charge is -2.51. The van der Waals surface area contributed by atoms with Crippen LogP contribution in [0.4, 0.5) is 17.1 Å². The monoisotopic (exact) mass is 845 g/mol. The minimum absolute atomic E-state index is 0.0369. The number of aromatic nitrogens is 2. The third-order valence-electron chi connectivity index (χ3n) is 16.7. The van der Waals surface area contributed by atoms with Crippen molar-refractivity contribution in [2.45, 2.75) is 5.41 Å². The molecule has 0 spiro atoms. The zero-order valence-electron chi connectivity index (χ0n) is 36.0. The van der Waals surface area contributed by atoms with Crippen molar-refractivity contribution in [2.75, 3.05) is 4.90 Å². The largest absolute Gasteiger partial charge is 0.455 e. The molecule has 6 heteroatoms. The summed E-state index contributed by atoms with van der Waals surface area (Å²) < 4.78 is 12.4. The van der Waals surface area contributed by atoms with Gasteiger partial charge in [-0.25, -0.2) is 0 Å². The van der Waals surface area contributed by atoms with Gasteiger partial charge in [0.2, 0.25) is 0 Å². The number of hydrogen-bond donors (Lipinski definition) is 0. The molecule has 304 valence electrons.